The predicted octanol–water partition coefficient (Wildman–Crippen LogP) is 3.47. The van der Waals surface area contributed by atoms with Crippen LogP contribution in [0, 0.1) is 0 Å². The Bertz CT molecular complexity index is 1420. The van der Waals surface area contributed by atoms with Gasteiger partial charge in [-0.3, -0.25) is 13.9 Å². The second-order valence-corrected chi connectivity index (χ2v) is 8.56. The van der Waals surface area contributed by atoms with Gasteiger partial charge < -0.3 is 14.2 Å². The van der Waals surface area contributed by atoms with Gasteiger partial charge in [-0.2, -0.15) is 4.98 Å². The highest BCUT2D eigenvalue weighted by atomic mass is 16.5. The van der Waals surface area contributed by atoms with Crippen LogP contribution in [-0.4, -0.2) is 31.8 Å². The van der Waals surface area contributed by atoms with Crippen molar-refractivity contribution in [2.75, 3.05) is 18.1 Å². The molecule has 176 valence electrons. The highest BCUT2D eigenvalue weighted by Crippen LogP contribution is 2.31. The van der Waals surface area contributed by atoms with E-state index in [1.807, 2.05) is 66.1 Å². The van der Waals surface area contributed by atoms with Crippen molar-refractivity contribution >= 4 is 22.8 Å². The molecule has 2 aromatic carbocycles. The van der Waals surface area contributed by atoms with Crippen LogP contribution in [0.5, 0.6) is 5.75 Å². The Morgan fingerprint density at radius 3 is 2.44 bits per heavy atom. The Labute approximate surface area is 197 Å². The van der Waals surface area contributed by atoms with E-state index in [4.69, 9.17) is 9.72 Å². The highest BCUT2D eigenvalue weighted by Gasteiger charge is 2.26. The van der Waals surface area contributed by atoms with Crippen molar-refractivity contribution in [2.24, 2.45) is 7.05 Å². The molecular weight excluding hydrogens is 430 g/mol. The molecule has 4 aromatic rings. The van der Waals surface area contributed by atoms with E-state index in [1.54, 1.807) is 7.05 Å². The van der Waals surface area contributed by atoms with Crippen LogP contribution in [-0.2, 0) is 26.6 Å². The molecule has 0 saturated heterocycles. The summed E-state index contributed by atoms with van der Waals surface area (Å²) in [4.78, 5) is 33.6. The molecule has 0 bridgehead atoms. The lowest BCUT2D eigenvalue weighted by Crippen LogP contribution is -2.40. The van der Waals surface area contributed by atoms with Crippen molar-refractivity contribution in [3.05, 3.63) is 81.0 Å². The number of aromatic nitrogens is 4. The fourth-order valence-electron chi connectivity index (χ4n) is 4.63. The molecular formula is C26H29N5O3. The number of ether oxygens (including phenoxy) is 1. The van der Waals surface area contributed by atoms with Crippen LogP contribution < -0.4 is 20.9 Å². The van der Waals surface area contributed by atoms with Crippen molar-refractivity contribution in [1.82, 2.24) is 18.7 Å². The van der Waals surface area contributed by atoms with Crippen LogP contribution >= 0.6 is 0 Å². The fourth-order valence-corrected chi connectivity index (χ4v) is 4.63. The van der Waals surface area contributed by atoms with E-state index in [0.29, 0.717) is 43.2 Å². The first-order valence-corrected chi connectivity index (χ1v) is 11.8. The first-order valence-electron chi connectivity index (χ1n) is 11.8. The normalized spacial score (nSPS) is 13.6. The van der Waals surface area contributed by atoms with Crippen LogP contribution in [0.3, 0.4) is 0 Å². The van der Waals surface area contributed by atoms with Gasteiger partial charge in [-0.1, -0.05) is 30.3 Å². The Morgan fingerprint density at radius 2 is 1.71 bits per heavy atom. The van der Waals surface area contributed by atoms with Crippen LogP contribution in [0.15, 0.2) is 64.2 Å². The van der Waals surface area contributed by atoms with Crippen molar-refractivity contribution in [2.45, 2.75) is 39.3 Å². The highest BCUT2D eigenvalue weighted by molar-refractivity contribution is 5.76. The van der Waals surface area contributed by atoms with Gasteiger partial charge in [0.25, 0.3) is 5.56 Å². The maximum atomic E-state index is 13.6. The number of anilines is 2. The first kappa shape index (κ1) is 22.0. The average Bonchev–Trinajstić information content (AvgIpc) is 3.11. The molecule has 0 radical (unpaired) electrons. The Morgan fingerprint density at radius 1 is 0.971 bits per heavy atom. The summed E-state index contributed by atoms with van der Waals surface area (Å²) in [6, 6.07) is 17.8. The van der Waals surface area contributed by atoms with E-state index in [2.05, 4.69) is 4.90 Å². The molecule has 0 spiro atoms. The van der Waals surface area contributed by atoms with E-state index in [0.717, 1.165) is 36.4 Å². The van der Waals surface area contributed by atoms with E-state index >= 15 is 0 Å². The molecule has 0 atom stereocenters. The van der Waals surface area contributed by atoms with Gasteiger partial charge in [0.2, 0.25) is 5.95 Å². The zero-order valence-corrected chi connectivity index (χ0v) is 19.6. The van der Waals surface area contributed by atoms with Crippen LogP contribution in [0.2, 0.25) is 0 Å². The SMILES string of the molecule is CCOc1ccc(N2CCCCn3c2nc2c3c(=O)n(CCc3ccccc3)c(=O)n2C)cc1. The van der Waals surface area contributed by atoms with E-state index in [-0.39, 0.29) is 11.2 Å². The van der Waals surface area contributed by atoms with Crippen LogP contribution in [0.25, 0.3) is 11.2 Å². The molecule has 0 amide bonds. The Hall–Kier alpha value is -3.81. The Balaban J connectivity index is 1.60. The average molecular weight is 460 g/mol. The van der Waals surface area contributed by atoms with Gasteiger partial charge in [0.1, 0.15) is 5.75 Å². The largest absolute Gasteiger partial charge is 0.494 e. The number of imidazole rings is 1. The topological polar surface area (TPSA) is 74.3 Å². The van der Waals surface area contributed by atoms with E-state index in [1.165, 1.54) is 9.13 Å². The maximum absolute atomic E-state index is 13.6. The lowest BCUT2D eigenvalue weighted by Gasteiger charge is -2.22. The smallest absolute Gasteiger partial charge is 0.332 e. The molecule has 2 aromatic heterocycles. The van der Waals surface area contributed by atoms with Gasteiger partial charge >= 0.3 is 5.69 Å². The zero-order valence-electron chi connectivity index (χ0n) is 19.6. The maximum Gasteiger partial charge on any atom is 0.332 e. The second-order valence-electron chi connectivity index (χ2n) is 8.56. The number of fused-ring (bicyclic) bond motifs is 3. The summed E-state index contributed by atoms with van der Waals surface area (Å²) in [6.07, 6.45) is 2.52. The summed E-state index contributed by atoms with van der Waals surface area (Å²) in [5.74, 6) is 1.52. The number of nitrogens with zero attached hydrogens (tertiary/aromatic N) is 5. The molecule has 8 nitrogen and oxygen atoms in total. The number of benzene rings is 2. The first-order chi connectivity index (χ1) is 16.6. The van der Waals surface area contributed by atoms with Gasteiger partial charge in [-0.25, -0.2) is 4.79 Å². The number of hydrogen-bond donors (Lipinski definition) is 0. The van der Waals surface area contributed by atoms with E-state index in [9.17, 15) is 9.59 Å². The molecule has 8 heteroatoms. The molecule has 1 aliphatic rings. The zero-order chi connectivity index (χ0) is 23.7. The molecule has 5 rings (SSSR count). The summed E-state index contributed by atoms with van der Waals surface area (Å²) < 4.78 is 10.4. The minimum Gasteiger partial charge on any atom is -0.494 e. The predicted molar refractivity (Wildman–Crippen MR) is 133 cm³/mol. The summed E-state index contributed by atoms with van der Waals surface area (Å²) >= 11 is 0. The fraction of sp³-hybridized carbons (Fsp3) is 0.346. The minimum absolute atomic E-state index is 0.277. The summed E-state index contributed by atoms with van der Waals surface area (Å²) in [7, 11) is 1.69. The van der Waals surface area contributed by atoms with Gasteiger partial charge in [0.05, 0.1) is 6.61 Å². The molecule has 34 heavy (non-hydrogen) atoms. The molecule has 1 aliphatic heterocycles. The number of rotatable bonds is 6. The number of aryl methyl sites for hydroxylation is 3. The summed E-state index contributed by atoms with van der Waals surface area (Å²) in [5.41, 5.74) is 2.37. The van der Waals surface area contributed by atoms with Gasteiger partial charge in [-0.05, 0) is 56.0 Å². The van der Waals surface area contributed by atoms with Gasteiger partial charge in [0.15, 0.2) is 11.2 Å². The van der Waals surface area contributed by atoms with E-state index < -0.39 is 0 Å². The minimum atomic E-state index is -0.339. The van der Waals surface area contributed by atoms with Crippen LogP contribution in [0.4, 0.5) is 11.6 Å². The van der Waals surface area contributed by atoms with Crippen molar-refractivity contribution in [3.8, 4) is 5.75 Å². The molecule has 0 fully saturated rings. The van der Waals surface area contributed by atoms with Gasteiger partial charge in [-0.15, -0.1) is 0 Å². The molecule has 0 aliphatic carbocycles. The molecule has 0 saturated carbocycles. The second kappa shape index (κ2) is 9.21. The third-order valence-corrected chi connectivity index (χ3v) is 6.39. The quantitative estimate of drug-likeness (QED) is 0.441. The van der Waals surface area contributed by atoms with Crippen molar-refractivity contribution in [3.63, 3.8) is 0 Å². The third-order valence-electron chi connectivity index (χ3n) is 6.39. The third kappa shape index (κ3) is 3.89. The van der Waals surface area contributed by atoms with Crippen molar-refractivity contribution in [1.29, 1.82) is 0 Å². The standard InChI is InChI=1S/C26H29N5O3/c1-3-34-21-13-11-20(12-14-21)29-16-7-8-17-30-22-23(27-25(29)30)28(2)26(33)31(24(22)32)18-15-19-9-5-4-6-10-19/h4-6,9-14H,3,7-8,15-18H2,1-2H3. The van der Waals surface area contributed by atoms with Crippen LogP contribution in [0.1, 0.15) is 25.3 Å². The Kier molecular flexibility index (Phi) is 5.96. The number of hydrogen-bond acceptors (Lipinski definition) is 5. The monoisotopic (exact) mass is 459 g/mol. The summed E-state index contributed by atoms with van der Waals surface area (Å²) in [6.45, 7) is 4.37. The van der Waals surface area contributed by atoms with Crippen molar-refractivity contribution < 1.29 is 4.74 Å². The molecule has 0 N–H and O–H groups in total. The lowest BCUT2D eigenvalue weighted by molar-refractivity contribution is 0.340. The molecule has 3 heterocycles. The lowest BCUT2D eigenvalue weighted by atomic mass is 10.1. The molecule has 0 unspecified atom stereocenters. The van der Waals surface area contributed by atoms with Gasteiger partial charge in [0, 0.05) is 32.4 Å². The summed E-state index contributed by atoms with van der Waals surface area (Å²) in [5, 5.41) is 0.